The first-order valence-electron chi connectivity index (χ1n) is 5.85. The number of aryl methyl sites for hydroxylation is 1. The molecule has 0 fully saturated rings. The Morgan fingerprint density at radius 2 is 2.35 bits per heavy atom. The summed E-state index contributed by atoms with van der Waals surface area (Å²) in [5.74, 6) is -0.450. The van der Waals surface area contributed by atoms with Gasteiger partial charge in [0, 0.05) is 6.54 Å². The van der Waals surface area contributed by atoms with Gasteiger partial charge in [-0.1, -0.05) is 5.21 Å². The Labute approximate surface area is 114 Å². The fourth-order valence-electron chi connectivity index (χ4n) is 1.58. The molecule has 0 radical (unpaired) electrons. The third-order valence-electron chi connectivity index (χ3n) is 2.61. The van der Waals surface area contributed by atoms with E-state index in [1.165, 1.54) is 10.9 Å². The molecular weight excluding hydrogens is 260 g/mol. The third-order valence-corrected chi connectivity index (χ3v) is 2.61. The summed E-state index contributed by atoms with van der Waals surface area (Å²) in [5.41, 5.74) is 1.11. The van der Waals surface area contributed by atoms with Crippen LogP contribution in [0.25, 0.3) is 0 Å². The van der Waals surface area contributed by atoms with Crippen LogP contribution in [0.5, 0.6) is 0 Å². The minimum atomic E-state index is -1.10. The van der Waals surface area contributed by atoms with Crippen LogP contribution in [0.15, 0.2) is 18.3 Å². The number of hydrogen-bond acceptors (Lipinski definition) is 6. The summed E-state index contributed by atoms with van der Waals surface area (Å²) in [5, 5.41) is 27.8. The second-order valence-corrected chi connectivity index (χ2v) is 4.04. The van der Waals surface area contributed by atoms with E-state index < -0.39 is 5.97 Å². The molecule has 0 aromatic carbocycles. The number of nitrogens with zero attached hydrogens (tertiary/aromatic N) is 5. The van der Waals surface area contributed by atoms with Gasteiger partial charge in [-0.3, -0.25) is 0 Å². The lowest BCUT2D eigenvalue weighted by molar-refractivity contribution is 0.0690. The van der Waals surface area contributed by atoms with Gasteiger partial charge < -0.3 is 10.4 Å². The van der Waals surface area contributed by atoms with Crippen molar-refractivity contribution in [3.05, 3.63) is 35.3 Å². The Bertz CT molecular complexity index is 673. The molecule has 2 aromatic rings. The molecule has 0 aliphatic heterocycles. The normalized spacial score (nSPS) is 10.0. The Balaban J connectivity index is 1.91. The molecule has 8 heteroatoms. The highest BCUT2D eigenvalue weighted by atomic mass is 16.4. The lowest BCUT2D eigenvalue weighted by Gasteiger charge is -2.06. The molecule has 8 nitrogen and oxygen atoms in total. The third kappa shape index (κ3) is 3.08. The molecule has 2 aromatic heterocycles. The average Bonchev–Trinajstić information content (AvgIpc) is 2.88. The summed E-state index contributed by atoms with van der Waals surface area (Å²) in [7, 11) is 0. The number of pyridine rings is 1. The molecule has 2 heterocycles. The highest BCUT2D eigenvalue weighted by molar-refractivity contribution is 5.84. The Hall–Kier alpha value is -2.95. The molecule has 2 N–H and O–H groups in total. The molecule has 102 valence electrons. The Morgan fingerprint density at radius 1 is 1.55 bits per heavy atom. The van der Waals surface area contributed by atoms with Gasteiger partial charge in [0.25, 0.3) is 0 Å². The Kier molecular flexibility index (Phi) is 3.91. The van der Waals surface area contributed by atoms with Gasteiger partial charge in [0.1, 0.15) is 11.9 Å². The summed E-state index contributed by atoms with van der Waals surface area (Å²) in [6.07, 6.45) is 1.36. The van der Waals surface area contributed by atoms with Crippen molar-refractivity contribution in [3.63, 3.8) is 0 Å². The van der Waals surface area contributed by atoms with Gasteiger partial charge in [0.15, 0.2) is 5.69 Å². The van der Waals surface area contributed by atoms with E-state index >= 15 is 0 Å². The summed E-state index contributed by atoms with van der Waals surface area (Å²) in [6.45, 7) is 2.74. The van der Waals surface area contributed by atoms with Crippen LogP contribution >= 0.6 is 0 Å². The number of nitriles is 1. The van der Waals surface area contributed by atoms with Crippen molar-refractivity contribution in [1.82, 2.24) is 20.0 Å². The lowest BCUT2D eigenvalue weighted by atomic mass is 10.2. The molecular formula is C12H12N6O2. The zero-order chi connectivity index (χ0) is 14.5. The van der Waals surface area contributed by atoms with Crippen LogP contribution in [0.1, 0.15) is 21.7 Å². The van der Waals surface area contributed by atoms with Crippen molar-refractivity contribution >= 4 is 11.8 Å². The lowest BCUT2D eigenvalue weighted by Crippen LogP contribution is -2.12. The first-order valence-corrected chi connectivity index (χ1v) is 5.85. The Morgan fingerprint density at radius 3 is 2.95 bits per heavy atom. The molecule has 0 amide bonds. The fraction of sp³-hybridized carbons (Fsp3) is 0.250. The van der Waals surface area contributed by atoms with Crippen LogP contribution in [-0.4, -0.2) is 37.6 Å². The average molecular weight is 272 g/mol. The molecule has 0 aliphatic rings. The van der Waals surface area contributed by atoms with E-state index in [1.807, 2.05) is 6.07 Å². The molecule has 0 saturated carbocycles. The minimum Gasteiger partial charge on any atom is -0.476 e. The van der Waals surface area contributed by atoms with Crippen molar-refractivity contribution in [1.29, 1.82) is 5.26 Å². The first-order chi connectivity index (χ1) is 9.60. The van der Waals surface area contributed by atoms with Crippen molar-refractivity contribution < 1.29 is 9.90 Å². The molecule has 0 unspecified atom stereocenters. The summed E-state index contributed by atoms with van der Waals surface area (Å²) in [4.78, 5) is 14.9. The quantitative estimate of drug-likeness (QED) is 0.821. The molecule has 0 atom stereocenters. The number of nitrogens with one attached hydrogen (secondary N) is 1. The van der Waals surface area contributed by atoms with Gasteiger partial charge >= 0.3 is 5.97 Å². The van der Waals surface area contributed by atoms with E-state index in [0.29, 0.717) is 30.2 Å². The van der Waals surface area contributed by atoms with Crippen LogP contribution in [0, 0.1) is 18.3 Å². The van der Waals surface area contributed by atoms with E-state index in [4.69, 9.17) is 10.4 Å². The minimum absolute atomic E-state index is 0.0858. The zero-order valence-corrected chi connectivity index (χ0v) is 10.7. The summed E-state index contributed by atoms with van der Waals surface area (Å²) >= 11 is 0. The van der Waals surface area contributed by atoms with E-state index in [9.17, 15) is 4.79 Å². The van der Waals surface area contributed by atoms with Crippen LogP contribution in [0.3, 0.4) is 0 Å². The topological polar surface area (TPSA) is 117 Å². The van der Waals surface area contributed by atoms with Crippen molar-refractivity contribution in [2.45, 2.75) is 13.5 Å². The highest BCUT2D eigenvalue weighted by Crippen LogP contribution is 2.09. The fourth-order valence-corrected chi connectivity index (χ4v) is 1.58. The van der Waals surface area contributed by atoms with Gasteiger partial charge in [-0.15, -0.1) is 5.10 Å². The maximum absolute atomic E-state index is 10.6. The first kappa shape index (κ1) is 13.5. The number of anilines is 1. The van der Waals surface area contributed by atoms with Crippen molar-refractivity contribution in [2.24, 2.45) is 0 Å². The van der Waals surface area contributed by atoms with Crippen LogP contribution in [0.4, 0.5) is 5.82 Å². The number of carboxylic acid groups (broad SMARTS) is 1. The van der Waals surface area contributed by atoms with Crippen LogP contribution < -0.4 is 5.32 Å². The number of hydrogen-bond donors (Lipinski definition) is 2. The van der Waals surface area contributed by atoms with Gasteiger partial charge in [-0.05, 0) is 19.1 Å². The van der Waals surface area contributed by atoms with E-state index in [1.54, 1.807) is 19.1 Å². The summed E-state index contributed by atoms with van der Waals surface area (Å²) < 4.78 is 1.44. The van der Waals surface area contributed by atoms with Crippen LogP contribution in [0.2, 0.25) is 0 Å². The predicted molar refractivity (Wildman–Crippen MR) is 69.2 cm³/mol. The highest BCUT2D eigenvalue weighted by Gasteiger charge is 2.07. The summed E-state index contributed by atoms with van der Waals surface area (Å²) in [6, 6.07) is 5.46. The van der Waals surface area contributed by atoms with E-state index in [-0.39, 0.29) is 5.69 Å². The molecule has 20 heavy (non-hydrogen) atoms. The number of carbonyl (C=O) groups is 1. The molecule has 0 saturated heterocycles. The number of aromatic nitrogens is 4. The van der Waals surface area contributed by atoms with Gasteiger partial charge in [-0.25, -0.2) is 14.5 Å². The molecule has 0 spiro atoms. The zero-order valence-electron chi connectivity index (χ0n) is 10.7. The predicted octanol–water partition coefficient (Wildman–Crippen LogP) is 0.663. The standard InChI is InChI=1S/C12H12N6O2/c1-8-9(6-13)2-3-11(15-8)14-4-5-18-7-10(12(19)20)16-17-18/h2-3,7H,4-5H2,1H3,(H,14,15)(H,19,20). The van der Waals surface area contributed by atoms with Gasteiger partial charge in [0.05, 0.1) is 24.0 Å². The smallest absolute Gasteiger partial charge is 0.358 e. The number of aromatic carboxylic acids is 1. The monoisotopic (exact) mass is 272 g/mol. The second kappa shape index (κ2) is 5.79. The molecule has 0 bridgehead atoms. The number of rotatable bonds is 5. The van der Waals surface area contributed by atoms with Gasteiger partial charge in [-0.2, -0.15) is 5.26 Å². The van der Waals surface area contributed by atoms with E-state index in [0.717, 1.165) is 0 Å². The number of carboxylic acids is 1. The van der Waals surface area contributed by atoms with E-state index in [2.05, 4.69) is 20.6 Å². The van der Waals surface area contributed by atoms with Gasteiger partial charge in [0.2, 0.25) is 0 Å². The molecule has 0 aliphatic carbocycles. The van der Waals surface area contributed by atoms with Crippen LogP contribution in [-0.2, 0) is 6.54 Å². The molecule has 2 rings (SSSR count). The van der Waals surface area contributed by atoms with Crippen molar-refractivity contribution in [3.8, 4) is 6.07 Å². The maximum Gasteiger partial charge on any atom is 0.358 e. The largest absolute Gasteiger partial charge is 0.476 e. The second-order valence-electron chi connectivity index (χ2n) is 4.04. The SMILES string of the molecule is Cc1nc(NCCn2cc(C(=O)O)nn2)ccc1C#N. The maximum atomic E-state index is 10.6. The van der Waals surface area contributed by atoms with Crippen molar-refractivity contribution in [2.75, 3.05) is 11.9 Å².